The number of rotatable bonds is 6. The topological polar surface area (TPSA) is 58.6 Å². The van der Waals surface area contributed by atoms with Gasteiger partial charge in [0.2, 0.25) is 0 Å². The van der Waals surface area contributed by atoms with E-state index in [4.69, 9.17) is 9.84 Å². The average Bonchev–Trinajstić information content (AvgIpc) is 2.47. The number of aromatic hydroxyl groups is 1. The molecule has 1 aromatic carbocycles. The van der Waals surface area contributed by atoms with Crippen molar-refractivity contribution in [3.63, 3.8) is 0 Å². The Hall–Kier alpha value is -1.71. The first kappa shape index (κ1) is 18.3. The second-order valence-electron chi connectivity index (χ2n) is 4.55. The summed E-state index contributed by atoms with van der Waals surface area (Å²) < 4.78 is 4.79. The summed E-state index contributed by atoms with van der Waals surface area (Å²) in [4.78, 5) is 10.7. The van der Waals surface area contributed by atoms with Gasteiger partial charge in [0.25, 0.3) is 0 Å². The van der Waals surface area contributed by atoms with E-state index in [1.165, 1.54) is 39.2 Å². The first-order chi connectivity index (χ1) is 9.63. The van der Waals surface area contributed by atoms with Crippen LogP contribution in [0.15, 0.2) is 24.3 Å². The molecule has 2 N–H and O–H groups in total. The fraction of sp³-hybridized carbons (Fsp3) is 0.562. The van der Waals surface area contributed by atoms with Gasteiger partial charge in [-0.2, -0.15) is 0 Å². The molecule has 0 aliphatic carbocycles. The molecular formula is C16H27NO3. The summed E-state index contributed by atoms with van der Waals surface area (Å²) in [5, 5.41) is 11.3. The molecule has 4 heteroatoms. The Kier molecular flexibility index (Phi) is 11.3. The highest BCUT2D eigenvalue weighted by Gasteiger charge is 1.98. The van der Waals surface area contributed by atoms with Gasteiger partial charge in [-0.25, -0.2) is 4.79 Å². The molecule has 0 aliphatic rings. The molecule has 114 valence electrons. The third-order valence-electron chi connectivity index (χ3n) is 2.72. The smallest absolute Gasteiger partial charge is 0.407 e. The Balaban J connectivity index is 0.000000441. The van der Waals surface area contributed by atoms with Crippen molar-refractivity contribution in [3.05, 3.63) is 29.8 Å². The second-order valence-corrected chi connectivity index (χ2v) is 4.55. The van der Waals surface area contributed by atoms with Crippen LogP contribution in [-0.4, -0.2) is 18.2 Å². The van der Waals surface area contributed by atoms with Crippen LogP contribution in [0.5, 0.6) is 5.75 Å². The van der Waals surface area contributed by atoms with Crippen molar-refractivity contribution in [1.29, 1.82) is 0 Å². The molecule has 0 aliphatic heterocycles. The zero-order chi connectivity index (χ0) is 15.2. The number of alkyl carbamates (subject to hydrolysis) is 1. The highest BCUT2D eigenvalue weighted by atomic mass is 16.5. The molecule has 0 aromatic heterocycles. The molecule has 0 bridgehead atoms. The number of phenols is 1. The zero-order valence-electron chi connectivity index (χ0n) is 12.8. The van der Waals surface area contributed by atoms with Gasteiger partial charge in [-0.1, -0.05) is 58.1 Å². The molecule has 4 nitrogen and oxygen atoms in total. The molecule has 0 radical (unpaired) electrons. The fourth-order valence-corrected chi connectivity index (χ4v) is 1.49. The van der Waals surface area contributed by atoms with Crippen molar-refractivity contribution in [3.8, 4) is 5.75 Å². The lowest BCUT2D eigenvalue weighted by Crippen LogP contribution is -2.18. The van der Waals surface area contributed by atoms with Crippen LogP contribution in [0.2, 0.25) is 0 Å². The molecule has 0 unspecified atom stereocenters. The third kappa shape index (κ3) is 10.2. The van der Waals surface area contributed by atoms with Crippen LogP contribution in [0.4, 0.5) is 4.79 Å². The molecule has 1 rings (SSSR count). The number of unbranched alkanes of at least 4 members (excludes halogenated alkanes) is 4. The lowest BCUT2D eigenvalue weighted by molar-refractivity contribution is 0.142. The summed E-state index contributed by atoms with van der Waals surface area (Å²) in [7, 11) is 1.50. The number of hydrogen-bond acceptors (Lipinski definition) is 3. The molecule has 0 spiro atoms. The normalized spacial score (nSPS) is 9.35. The Morgan fingerprint density at radius 1 is 1.10 bits per heavy atom. The minimum Gasteiger partial charge on any atom is -0.508 e. The largest absolute Gasteiger partial charge is 0.508 e. The molecule has 0 fully saturated rings. The second kappa shape index (κ2) is 12.3. The maximum Gasteiger partial charge on any atom is 0.407 e. The summed E-state index contributed by atoms with van der Waals surface area (Å²) in [6.07, 6.45) is 6.54. The Morgan fingerprint density at radius 2 is 1.65 bits per heavy atom. The van der Waals surface area contributed by atoms with E-state index in [1.54, 1.807) is 24.3 Å². The van der Waals surface area contributed by atoms with E-state index in [0.29, 0.717) is 0 Å². The number of amides is 1. The highest BCUT2D eigenvalue weighted by Crippen LogP contribution is 2.10. The molecular weight excluding hydrogens is 254 g/mol. The number of hydrogen-bond donors (Lipinski definition) is 2. The standard InChI is InChI=1S/C9H11NO3.C7H16/c1-10-9(12)13-6-7-2-4-8(11)5-3-7;1-3-5-7-6-4-2/h2-5,11H,6H2,1H3,(H,10,12);3-7H2,1-2H3. The van der Waals surface area contributed by atoms with Crippen molar-refractivity contribution < 1.29 is 14.6 Å². The summed E-state index contributed by atoms with van der Waals surface area (Å²) in [5.41, 5.74) is 0.835. The van der Waals surface area contributed by atoms with Crippen molar-refractivity contribution >= 4 is 6.09 Å². The minimum absolute atomic E-state index is 0.198. The van der Waals surface area contributed by atoms with Crippen LogP contribution in [-0.2, 0) is 11.3 Å². The predicted molar refractivity (Wildman–Crippen MR) is 81.8 cm³/mol. The summed E-state index contributed by atoms with van der Waals surface area (Å²) in [5.74, 6) is 0.198. The van der Waals surface area contributed by atoms with Crippen LogP contribution in [0, 0.1) is 0 Å². The van der Waals surface area contributed by atoms with E-state index in [1.807, 2.05) is 0 Å². The van der Waals surface area contributed by atoms with Crippen LogP contribution < -0.4 is 5.32 Å². The number of carbonyl (C=O) groups is 1. The van der Waals surface area contributed by atoms with Gasteiger partial charge in [-0.15, -0.1) is 0 Å². The number of nitrogens with one attached hydrogen (secondary N) is 1. The maximum atomic E-state index is 10.7. The van der Waals surface area contributed by atoms with Crippen molar-refractivity contribution in [2.45, 2.75) is 52.6 Å². The van der Waals surface area contributed by atoms with Crippen LogP contribution in [0.1, 0.15) is 51.5 Å². The number of benzene rings is 1. The van der Waals surface area contributed by atoms with Crippen LogP contribution in [0.25, 0.3) is 0 Å². The van der Waals surface area contributed by atoms with Gasteiger partial charge >= 0.3 is 6.09 Å². The van der Waals surface area contributed by atoms with E-state index in [2.05, 4.69) is 19.2 Å². The highest BCUT2D eigenvalue weighted by molar-refractivity contribution is 5.66. The molecule has 1 amide bonds. The quantitative estimate of drug-likeness (QED) is 0.767. The van der Waals surface area contributed by atoms with Gasteiger partial charge in [0, 0.05) is 7.05 Å². The SMILES string of the molecule is CCCCCCC.CNC(=O)OCc1ccc(O)cc1. The van der Waals surface area contributed by atoms with Gasteiger partial charge in [-0.05, 0) is 17.7 Å². The lowest BCUT2D eigenvalue weighted by atomic mass is 10.2. The van der Waals surface area contributed by atoms with Gasteiger partial charge in [0.05, 0.1) is 0 Å². The Morgan fingerprint density at radius 3 is 2.10 bits per heavy atom. The molecule has 0 heterocycles. The first-order valence-electron chi connectivity index (χ1n) is 7.26. The number of carbonyl (C=O) groups excluding carboxylic acids is 1. The number of phenolic OH excluding ortho intramolecular Hbond substituents is 1. The van der Waals surface area contributed by atoms with Crippen molar-refractivity contribution in [1.82, 2.24) is 5.32 Å². The lowest BCUT2D eigenvalue weighted by Gasteiger charge is -2.03. The van der Waals surface area contributed by atoms with Crippen LogP contribution in [0.3, 0.4) is 0 Å². The summed E-state index contributed by atoms with van der Waals surface area (Å²) >= 11 is 0. The summed E-state index contributed by atoms with van der Waals surface area (Å²) in [6.45, 7) is 4.70. The predicted octanol–water partition coefficient (Wildman–Crippen LogP) is 4.22. The molecule has 0 saturated carbocycles. The van der Waals surface area contributed by atoms with E-state index in [9.17, 15) is 4.79 Å². The third-order valence-corrected chi connectivity index (χ3v) is 2.72. The van der Waals surface area contributed by atoms with Gasteiger partial charge < -0.3 is 15.2 Å². The van der Waals surface area contributed by atoms with E-state index < -0.39 is 6.09 Å². The Bertz CT molecular complexity index is 345. The monoisotopic (exact) mass is 281 g/mol. The first-order valence-corrected chi connectivity index (χ1v) is 7.26. The van der Waals surface area contributed by atoms with E-state index in [-0.39, 0.29) is 12.4 Å². The molecule has 0 saturated heterocycles. The number of ether oxygens (including phenoxy) is 1. The fourth-order valence-electron chi connectivity index (χ4n) is 1.49. The average molecular weight is 281 g/mol. The molecule has 20 heavy (non-hydrogen) atoms. The Labute approximate surface area is 122 Å². The van der Waals surface area contributed by atoms with Crippen molar-refractivity contribution in [2.24, 2.45) is 0 Å². The van der Waals surface area contributed by atoms with Gasteiger partial charge in [-0.3, -0.25) is 0 Å². The molecule has 0 atom stereocenters. The summed E-state index contributed by atoms with van der Waals surface area (Å²) in [6, 6.07) is 6.47. The minimum atomic E-state index is -0.465. The van der Waals surface area contributed by atoms with Gasteiger partial charge in [0.1, 0.15) is 12.4 Å². The van der Waals surface area contributed by atoms with Gasteiger partial charge in [0.15, 0.2) is 0 Å². The van der Waals surface area contributed by atoms with Crippen molar-refractivity contribution in [2.75, 3.05) is 7.05 Å². The van der Waals surface area contributed by atoms with E-state index in [0.717, 1.165) is 5.56 Å². The molecule has 1 aromatic rings. The zero-order valence-corrected chi connectivity index (χ0v) is 12.8. The van der Waals surface area contributed by atoms with E-state index >= 15 is 0 Å². The maximum absolute atomic E-state index is 10.7. The van der Waals surface area contributed by atoms with Crippen LogP contribution >= 0.6 is 0 Å².